The van der Waals surface area contributed by atoms with E-state index in [9.17, 15) is 4.79 Å². The molecule has 0 unspecified atom stereocenters. The highest BCUT2D eigenvalue weighted by atomic mass is 16.5. The van der Waals surface area contributed by atoms with Crippen LogP contribution in [0.5, 0.6) is 5.75 Å². The Kier molecular flexibility index (Phi) is 5.23. The van der Waals surface area contributed by atoms with Gasteiger partial charge in [0.1, 0.15) is 17.3 Å². The zero-order chi connectivity index (χ0) is 17.6. The number of ether oxygens (including phenoxy) is 1. The van der Waals surface area contributed by atoms with Gasteiger partial charge in [0.2, 0.25) is 0 Å². The highest BCUT2D eigenvalue weighted by Crippen LogP contribution is 2.19. The van der Waals surface area contributed by atoms with E-state index in [4.69, 9.17) is 13.6 Å². The number of amides is 1. The molecule has 3 rings (SSSR count). The van der Waals surface area contributed by atoms with E-state index in [-0.39, 0.29) is 12.5 Å². The summed E-state index contributed by atoms with van der Waals surface area (Å²) in [7, 11) is 0. The fourth-order valence-corrected chi connectivity index (χ4v) is 2.61. The number of hydrogen-bond acceptors (Lipinski definition) is 4. The van der Waals surface area contributed by atoms with Gasteiger partial charge in [-0.15, -0.1) is 0 Å². The Morgan fingerprint density at radius 3 is 2.16 bits per heavy atom. The minimum atomic E-state index is -0.132. The molecule has 2 aromatic heterocycles. The van der Waals surface area contributed by atoms with Gasteiger partial charge in [0.15, 0.2) is 6.61 Å². The minimum absolute atomic E-state index is 0.0364. The SMILES string of the molecule is Cc1ccc(OCC(=O)N(Cc2ccco2)Cc2ccco2)c(C)c1. The molecule has 0 N–H and O–H groups in total. The van der Waals surface area contributed by atoms with Gasteiger partial charge in [0.05, 0.1) is 25.6 Å². The first-order chi connectivity index (χ1) is 12.1. The molecule has 1 amide bonds. The van der Waals surface area contributed by atoms with Gasteiger partial charge in [-0.25, -0.2) is 0 Å². The standard InChI is InChI=1S/C20H21NO4/c1-15-7-8-19(16(2)11-15)25-14-20(22)21(12-17-5-3-9-23-17)13-18-6-4-10-24-18/h3-11H,12-14H2,1-2H3. The van der Waals surface area contributed by atoms with Crippen molar-refractivity contribution in [2.45, 2.75) is 26.9 Å². The Labute approximate surface area is 146 Å². The second-order valence-corrected chi connectivity index (χ2v) is 5.97. The van der Waals surface area contributed by atoms with Crippen LogP contribution in [0, 0.1) is 13.8 Å². The van der Waals surface area contributed by atoms with E-state index in [2.05, 4.69) is 0 Å². The number of benzene rings is 1. The molecular formula is C20H21NO4. The monoisotopic (exact) mass is 339 g/mol. The molecule has 0 aliphatic carbocycles. The third-order valence-corrected chi connectivity index (χ3v) is 3.89. The highest BCUT2D eigenvalue weighted by Gasteiger charge is 2.18. The van der Waals surface area contributed by atoms with Gasteiger partial charge >= 0.3 is 0 Å². The van der Waals surface area contributed by atoms with Crippen LogP contribution in [-0.2, 0) is 17.9 Å². The molecule has 0 aliphatic heterocycles. The van der Waals surface area contributed by atoms with Crippen LogP contribution in [0.15, 0.2) is 63.8 Å². The van der Waals surface area contributed by atoms with Crippen LogP contribution in [0.4, 0.5) is 0 Å². The zero-order valence-corrected chi connectivity index (χ0v) is 14.4. The molecule has 5 nitrogen and oxygen atoms in total. The molecule has 1 aromatic carbocycles. The number of nitrogens with zero attached hydrogens (tertiary/aromatic N) is 1. The summed E-state index contributed by atoms with van der Waals surface area (Å²) in [5.74, 6) is 2.01. The lowest BCUT2D eigenvalue weighted by molar-refractivity contribution is -0.135. The summed E-state index contributed by atoms with van der Waals surface area (Å²) in [5.41, 5.74) is 2.17. The summed E-state index contributed by atoms with van der Waals surface area (Å²) < 4.78 is 16.4. The van der Waals surface area contributed by atoms with Gasteiger partial charge in [-0.1, -0.05) is 17.7 Å². The fourth-order valence-electron chi connectivity index (χ4n) is 2.61. The molecule has 0 fully saturated rings. The average molecular weight is 339 g/mol. The molecule has 130 valence electrons. The Bertz CT molecular complexity index is 770. The molecule has 0 radical (unpaired) electrons. The Morgan fingerprint density at radius 2 is 1.64 bits per heavy atom. The maximum absolute atomic E-state index is 12.7. The van der Waals surface area contributed by atoms with E-state index in [1.807, 2.05) is 44.2 Å². The van der Waals surface area contributed by atoms with Gasteiger partial charge in [0, 0.05) is 0 Å². The molecule has 25 heavy (non-hydrogen) atoms. The summed E-state index contributed by atoms with van der Waals surface area (Å²) in [6, 6.07) is 13.2. The lowest BCUT2D eigenvalue weighted by Crippen LogP contribution is -2.34. The predicted molar refractivity (Wildman–Crippen MR) is 93.1 cm³/mol. The maximum Gasteiger partial charge on any atom is 0.261 e. The number of rotatable bonds is 7. The molecule has 3 aromatic rings. The third kappa shape index (κ3) is 4.53. The third-order valence-electron chi connectivity index (χ3n) is 3.89. The van der Waals surface area contributed by atoms with E-state index >= 15 is 0 Å². The van der Waals surface area contributed by atoms with Crippen molar-refractivity contribution in [3.05, 3.63) is 77.6 Å². The lowest BCUT2D eigenvalue weighted by Gasteiger charge is -2.21. The second-order valence-electron chi connectivity index (χ2n) is 5.97. The van der Waals surface area contributed by atoms with Crippen molar-refractivity contribution >= 4 is 5.91 Å². The largest absolute Gasteiger partial charge is 0.483 e. The van der Waals surface area contributed by atoms with E-state index in [0.29, 0.717) is 24.6 Å². The number of carbonyl (C=O) groups is 1. The fraction of sp³-hybridized carbons (Fsp3) is 0.250. The van der Waals surface area contributed by atoms with Crippen LogP contribution in [0.25, 0.3) is 0 Å². The number of hydrogen-bond donors (Lipinski definition) is 0. The van der Waals surface area contributed by atoms with Crippen molar-refractivity contribution in [1.29, 1.82) is 0 Å². The van der Waals surface area contributed by atoms with Crippen molar-refractivity contribution in [2.75, 3.05) is 6.61 Å². The number of furan rings is 2. The molecule has 0 bridgehead atoms. The van der Waals surface area contributed by atoms with E-state index in [1.165, 1.54) is 0 Å². The minimum Gasteiger partial charge on any atom is -0.483 e. The highest BCUT2D eigenvalue weighted by molar-refractivity contribution is 5.77. The van der Waals surface area contributed by atoms with Crippen molar-refractivity contribution in [2.24, 2.45) is 0 Å². The average Bonchev–Trinajstić information content (AvgIpc) is 3.27. The molecule has 0 atom stereocenters. The predicted octanol–water partition coefficient (Wildman–Crippen LogP) is 4.10. The quantitative estimate of drug-likeness (QED) is 0.650. The lowest BCUT2D eigenvalue weighted by atomic mass is 10.1. The number of carbonyl (C=O) groups excluding carboxylic acids is 1. The van der Waals surface area contributed by atoms with Crippen LogP contribution in [0.3, 0.4) is 0 Å². The van der Waals surface area contributed by atoms with Gasteiger partial charge in [-0.05, 0) is 49.7 Å². The van der Waals surface area contributed by atoms with Crippen LogP contribution in [0.2, 0.25) is 0 Å². The summed E-state index contributed by atoms with van der Waals surface area (Å²) in [6.45, 7) is 4.68. The van der Waals surface area contributed by atoms with Crippen LogP contribution in [-0.4, -0.2) is 17.4 Å². The molecule has 0 saturated carbocycles. The molecule has 5 heteroatoms. The van der Waals surface area contributed by atoms with Crippen LogP contribution < -0.4 is 4.74 Å². The molecule has 0 aliphatic rings. The summed E-state index contributed by atoms with van der Waals surface area (Å²) in [5, 5.41) is 0. The van der Waals surface area contributed by atoms with Crippen molar-refractivity contribution in [1.82, 2.24) is 4.90 Å². The first-order valence-corrected chi connectivity index (χ1v) is 8.14. The Morgan fingerprint density at radius 1 is 1.00 bits per heavy atom. The molecule has 2 heterocycles. The van der Waals surface area contributed by atoms with E-state index in [0.717, 1.165) is 16.9 Å². The summed E-state index contributed by atoms with van der Waals surface area (Å²) in [6.07, 6.45) is 3.19. The van der Waals surface area contributed by atoms with Gasteiger partial charge in [-0.2, -0.15) is 0 Å². The maximum atomic E-state index is 12.7. The van der Waals surface area contributed by atoms with Crippen LogP contribution in [0.1, 0.15) is 22.6 Å². The van der Waals surface area contributed by atoms with Crippen LogP contribution >= 0.6 is 0 Å². The smallest absolute Gasteiger partial charge is 0.261 e. The second kappa shape index (κ2) is 7.75. The van der Waals surface area contributed by atoms with Crippen molar-refractivity contribution in [3.63, 3.8) is 0 Å². The molecule has 0 spiro atoms. The number of aryl methyl sites for hydroxylation is 2. The topological polar surface area (TPSA) is 55.8 Å². The Balaban J connectivity index is 1.67. The Hall–Kier alpha value is -2.95. The first kappa shape index (κ1) is 16.9. The van der Waals surface area contributed by atoms with Gasteiger partial charge in [-0.3, -0.25) is 4.79 Å². The van der Waals surface area contributed by atoms with Crippen molar-refractivity contribution < 1.29 is 18.4 Å². The van der Waals surface area contributed by atoms with E-state index < -0.39 is 0 Å². The van der Waals surface area contributed by atoms with Crippen molar-refractivity contribution in [3.8, 4) is 5.75 Å². The first-order valence-electron chi connectivity index (χ1n) is 8.14. The zero-order valence-electron chi connectivity index (χ0n) is 14.4. The van der Waals surface area contributed by atoms with Gasteiger partial charge < -0.3 is 18.5 Å². The summed E-state index contributed by atoms with van der Waals surface area (Å²) in [4.78, 5) is 14.3. The molecular weight excluding hydrogens is 318 g/mol. The van der Waals surface area contributed by atoms with E-state index in [1.54, 1.807) is 29.6 Å². The molecule has 0 saturated heterocycles. The van der Waals surface area contributed by atoms with Gasteiger partial charge in [0.25, 0.3) is 5.91 Å². The normalized spacial score (nSPS) is 10.6. The summed E-state index contributed by atoms with van der Waals surface area (Å²) >= 11 is 0.